The first-order valence-electron chi connectivity index (χ1n) is 6.29. The van der Waals surface area contributed by atoms with Crippen LogP contribution in [-0.4, -0.2) is 26.9 Å². The van der Waals surface area contributed by atoms with E-state index in [1.165, 1.54) is 19.1 Å². The highest BCUT2D eigenvalue weighted by Gasteiger charge is 2.12. The number of hydrogen-bond donors (Lipinski definition) is 0. The lowest BCUT2D eigenvalue weighted by Crippen LogP contribution is -2.20. The fraction of sp³-hybridized carbons (Fsp3) is 0.267. The number of carbonyl (C=O) groups is 1. The number of ketones is 1. The molecule has 5 nitrogen and oxygen atoms in total. The van der Waals surface area contributed by atoms with Crippen LogP contribution < -0.4 is 0 Å². The van der Waals surface area contributed by atoms with Crippen LogP contribution in [0.5, 0.6) is 0 Å². The Morgan fingerprint density at radius 2 is 2.00 bits per heavy atom. The summed E-state index contributed by atoms with van der Waals surface area (Å²) in [4.78, 5) is 11.0. The SMILES string of the molecule is C=CS(=O)(=O)OC[C@H](/C=C/C(C)=O)OCc1ccccc1. The largest absolute Gasteiger partial charge is 0.367 e. The second kappa shape index (κ2) is 8.51. The van der Waals surface area contributed by atoms with Crippen LogP contribution in [0.4, 0.5) is 0 Å². The van der Waals surface area contributed by atoms with E-state index in [9.17, 15) is 13.2 Å². The highest BCUT2D eigenvalue weighted by atomic mass is 32.2. The van der Waals surface area contributed by atoms with E-state index in [4.69, 9.17) is 8.92 Å². The van der Waals surface area contributed by atoms with Crippen molar-refractivity contribution < 1.29 is 22.1 Å². The Bertz CT molecular complexity index is 590. The molecule has 0 amide bonds. The van der Waals surface area contributed by atoms with Gasteiger partial charge in [-0.25, -0.2) is 0 Å². The lowest BCUT2D eigenvalue weighted by molar-refractivity contribution is -0.112. The van der Waals surface area contributed by atoms with Gasteiger partial charge in [0, 0.05) is 0 Å². The summed E-state index contributed by atoms with van der Waals surface area (Å²) in [5.74, 6) is -0.158. The first-order chi connectivity index (χ1) is 9.93. The van der Waals surface area contributed by atoms with Gasteiger partial charge in [-0.05, 0) is 18.6 Å². The van der Waals surface area contributed by atoms with Gasteiger partial charge in [-0.1, -0.05) is 43.0 Å². The van der Waals surface area contributed by atoms with Gasteiger partial charge in [0.2, 0.25) is 0 Å². The van der Waals surface area contributed by atoms with Gasteiger partial charge in [0.05, 0.1) is 18.6 Å². The standard InChI is InChI=1S/C15H18O5S/c1-3-21(17,18)20-12-15(10-9-13(2)16)19-11-14-7-5-4-6-8-14/h3-10,15H,1,11-12H2,2H3/b10-9+/t15-/m0/s1. The molecule has 21 heavy (non-hydrogen) atoms. The van der Waals surface area contributed by atoms with E-state index in [1.54, 1.807) is 0 Å². The smallest absolute Gasteiger partial charge is 0.289 e. The molecule has 0 spiro atoms. The van der Waals surface area contributed by atoms with Crippen molar-refractivity contribution in [1.82, 2.24) is 0 Å². The van der Waals surface area contributed by atoms with E-state index in [1.807, 2.05) is 30.3 Å². The number of ether oxygens (including phenoxy) is 1. The topological polar surface area (TPSA) is 69.7 Å². The van der Waals surface area contributed by atoms with Gasteiger partial charge >= 0.3 is 0 Å². The summed E-state index contributed by atoms with van der Waals surface area (Å²) in [5, 5.41) is 0.718. The highest BCUT2D eigenvalue weighted by Crippen LogP contribution is 2.07. The van der Waals surface area contributed by atoms with Gasteiger partial charge in [0.15, 0.2) is 5.78 Å². The maximum absolute atomic E-state index is 11.2. The van der Waals surface area contributed by atoms with Gasteiger partial charge in [-0.15, -0.1) is 0 Å². The van der Waals surface area contributed by atoms with Crippen molar-refractivity contribution in [3.63, 3.8) is 0 Å². The number of hydrogen-bond acceptors (Lipinski definition) is 5. The van der Waals surface area contributed by atoms with Gasteiger partial charge in [-0.2, -0.15) is 8.42 Å². The maximum Gasteiger partial charge on any atom is 0.289 e. The molecule has 0 radical (unpaired) electrons. The minimum atomic E-state index is -3.77. The Labute approximate surface area is 125 Å². The minimum Gasteiger partial charge on any atom is -0.367 e. The summed E-state index contributed by atoms with van der Waals surface area (Å²) < 4.78 is 32.7. The van der Waals surface area contributed by atoms with E-state index >= 15 is 0 Å². The molecule has 0 bridgehead atoms. The molecule has 1 atom stereocenters. The third-order valence-corrected chi connectivity index (χ3v) is 3.33. The van der Waals surface area contributed by atoms with Gasteiger partial charge in [-0.3, -0.25) is 8.98 Å². The third-order valence-electron chi connectivity index (χ3n) is 2.45. The zero-order chi connectivity index (χ0) is 15.7. The molecule has 0 aliphatic carbocycles. The molecule has 0 fully saturated rings. The minimum absolute atomic E-state index is 0.158. The molecule has 0 aliphatic rings. The van der Waals surface area contributed by atoms with E-state index in [0.29, 0.717) is 0 Å². The second-order valence-electron chi connectivity index (χ2n) is 4.25. The third kappa shape index (κ3) is 7.55. The highest BCUT2D eigenvalue weighted by molar-refractivity contribution is 7.89. The Kier molecular flexibility index (Phi) is 7.01. The van der Waals surface area contributed by atoms with Crippen molar-refractivity contribution in [3.8, 4) is 0 Å². The molecule has 0 saturated heterocycles. The van der Waals surface area contributed by atoms with Gasteiger partial charge in [0.25, 0.3) is 10.1 Å². The molecule has 6 heteroatoms. The van der Waals surface area contributed by atoms with Crippen LogP contribution >= 0.6 is 0 Å². The van der Waals surface area contributed by atoms with Crippen molar-refractivity contribution in [3.05, 3.63) is 60.0 Å². The van der Waals surface area contributed by atoms with Crippen LogP contribution in [0.1, 0.15) is 12.5 Å². The molecule has 0 aromatic heterocycles. The summed E-state index contributed by atoms with van der Waals surface area (Å²) in [5.41, 5.74) is 0.935. The summed E-state index contributed by atoms with van der Waals surface area (Å²) >= 11 is 0. The molecule has 1 rings (SSSR count). The molecule has 0 N–H and O–H groups in total. The number of benzene rings is 1. The Balaban J connectivity index is 2.64. The van der Waals surface area contributed by atoms with Crippen molar-refractivity contribution >= 4 is 15.9 Å². The molecule has 114 valence electrons. The Morgan fingerprint density at radius 3 is 2.57 bits per heavy atom. The van der Waals surface area contributed by atoms with Crippen LogP contribution in [-0.2, 0) is 30.4 Å². The van der Waals surface area contributed by atoms with E-state index in [2.05, 4.69) is 6.58 Å². The average molecular weight is 310 g/mol. The summed E-state index contributed by atoms with van der Waals surface area (Å²) in [6.45, 7) is 4.61. The molecule has 1 aromatic rings. The van der Waals surface area contributed by atoms with Crippen LogP contribution in [0.3, 0.4) is 0 Å². The molecule has 0 aliphatic heterocycles. The van der Waals surface area contributed by atoms with E-state index in [0.717, 1.165) is 11.0 Å². The zero-order valence-corrected chi connectivity index (χ0v) is 12.6. The molecule has 1 aromatic carbocycles. The zero-order valence-electron chi connectivity index (χ0n) is 11.8. The second-order valence-corrected chi connectivity index (χ2v) is 5.80. The van der Waals surface area contributed by atoms with Gasteiger partial charge < -0.3 is 4.74 Å². The van der Waals surface area contributed by atoms with Crippen molar-refractivity contribution in [2.75, 3.05) is 6.61 Å². The maximum atomic E-state index is 11.2. The first kappa shape index (κ1) is 17.3. The van der Waals surface area contributed by atoms with Crippen LogP contribution in [0, 0.1) is 0 Å². The summed E-state index contributed by atoms with van der Waals surface area (Å²) in [6.07, 6.45) is 2.15. The van der Waals surface area contributed by atoms with Gasteiger partial charge in [0.1, 0.15) is 6.10 Å². The number of rotatable bonds is 9. The molecule has 0 heterocycles. The Morgan fingerprint density at radius 1 is 1.33 bits per heavy atom. The first-order valence-corrected chi connectivity index (χ1v) is 7.76. The fourth-order valence-electron chi connectivity index (χ4n) is 1.39. The summed E-state index contributed by atoms with van der Waals surface area (Å²) in [7, 11) is -3.77. The lowest BCUT2D eigenvalue weighted by Gasteiger charge is -2.14. The lowest BCUT2D eigenvalue weighted by atomic mass is 10.2. The van der Waals surface area contributed by atoms with Crippen LogP contribution in [0.15, 0.2) is 54.5 Å². The molecule has 0 saturated carbocycles. The quantitative estimate of drug-likeness (QED) is 0.516. The van der Waals surface area contributed by atoms with Crippen molar-refractivity contribution in [1.29, 1.82) is 0 Å². The monoisotopic (exact) mass is 310 g/mol. The average Bonchev–Trinajstić information content (AvgIpc) is 2.47. The number of carbonyl (C=O) groups excluding carboxylic acids is 1. The fourth-order valence-corrected chi connectivity index (χ4v) is 1.81. The molecular weight excluding hydrogens is 292 g/mol. The normalized spacial score (nSPS) is 13.2. The van der Waals surface area contributed by atoms with Crippen LogP contribution in [0.2, 0.25) is 0 Å². The van der Waals surface area contributed by atoms with Crippen molar-refractivity contribution in [2.45, 2.75) is 19.6 Å². The van der Waals surface area contributed by atoms with Crippen molar-refractivity contribution in [2.24, 2.45) is 0 Å². The summed E-state index contributed by atoms with van der Waals surface area (Å²) in [6, 6.07) is 9.39. The Hall–Kier alpha value is -1.76. The molecular formula is C15H18O5S. The predicted octanol–water partition coefficient (Wildman–Crippen LogP) is 2.21. The van der Waals surface area contributed by atoms with E-state index in [-0.39, 0.29) is 19.0 Å². The van der Waals surface area contributed by atoms with E-state index < -0.39 is 16.2 Å². The predicted molar refractivity (Wildman–Crippen MR) is 79.9 cm³/mol. The van der Waals surface area contributed by atoms with Crippen LogP contribution in [0.25, 0.3) is 0 Å². The number of allylic oxidation sites excluding steroid dienone is 1. The molecule has 0 unspecified atom stereocenters.